The molecular weight excluding hydrogens is 412 g/mol. The van der Waals surface area contributed by atoms with Gasteiger partial charge in [0.1, 0.15) is 6.54 Å². The molecule has 2 aromatic heterocycles. The van der Waals surface area contributed by atoms with Crippen molar-refractivity contribution in [3.63, 3.8) is 0 Å². The number of hydrogen-bond acceptors (Lipinski definition) is 6. The van der Waals surface area contributed by atoms with Gasteiger partial charge in [0, 0.05) is 35.6 Å². The zero-order valence-electron chi connectivity index (χ0n) is 17.7. The number of unbranched alkanes of at least 4 members (excludes halogenated alkanes) is 1. The van der Waals surface area contributed by atoms with Crippen LogP contribution >= 0.6 is 11.8 Å². The molecule has 0 aliphatic heterocycles. The Hall–Kier alpha value is -3.13. The van der Waals surface area contributed by atoms with Crippen molar-refractivity contribution in [1.82, 2.24) is 14.5 Å². The van der Waals surface area contributed by atoms with Crippen molar-refractivity contribution in [1.29, 1.82) is 0 Å². The predicted octanol–water partition coefficient (Wildman–Crippen LogP) is 3.92. The number of pyridine rings is 1. The zero-order valence-corrected chi connectivity index (χ0v) is 18.5. The second kappa shape index (κ2) is 11.3. The highest BCUT2D eigenvalue weighted by Crippen LogP contribution is 2.19. The molecule has 7 nitrogen and oxygen atoms in total. The number of carbonyl (C=O) groups is 1. The molecule has 0 saturated carbocycles. The van der Waals surface area contributed by atoms with Gasteiger partial charge in [-0.05, 0) is 36.6 Å². The van der Waals surface area contributed by atoms with Gasteiger partial charge in [-0.25, -0.2) is 9.97 Å². The smallest absolute Gasteiger partial charge is 0.244 e. The first-order valence-corrected chi connectivity index (χ1v) is 11.1. The number of nitrogens with zero attached hydrogens (tertiary/aromatic N) is 3. The highest BCUT2D eigenvalue weighted by molar-refractivity contribution is 7.98. The lowest BCUT2D eigenvalue weighted by Crippen LogP contribution is -2.22. The van der Waals surface area contributed by atoms with Gasteiger partial charge in [0.25, 0.3) is 0 Å². The minimum absolute atomic E-state index is 0.0553. The molecule has 0 aliphatic rings. The molecule has 2 heterocycles. The third-order valence-electron chi connectivity index (χ3n) is 4.66. The van der Waals surface area contributed by atoms with Crippen molar-refractivity contribution in [2.45, 2.75) is 43.6 Å². The highest BCUT2D eigenvalue weighted by Gasteiger charge is 2.12. The van der Waals surface area contributed by atoms with Crippen molar-refractivity contribution in [3.05, 3.63) is 76.5 Å². The summed E-state index contributed by atoms with van der Waals surface area (Å²) in [7, 11) is 1.44. The number of carbonyl (C=O) groups excluding carboxylic acids is 1. The summed E-state index contributed by atoms with van der Waals surface area (Å²) in [6.07, 6.45) is 8.23. The van der Waals surface area contributed by atoms with E-state index in [-0.39, 0.29) is 23.6 Å². The molecule has 8 heteroatoms. The minimum atomic E-state index is -0.230. The maximum Gasteiger partial charge on any atom is 0.244 e. The lowest BCUT2D eigenvalue weighted by Gasteiger charge is -2.15. The molecule has 1 N–H and O–H groups in total. The zero-order chi connectivity index (χ0) is 22.1. The Morgan fingerprint density at radius 3 is 2.61 bits per heavy atom. The first kappa shape index (κ1) is 22.6. The average Bonchev–Trinajstić information content (AvgIpc) is 2.79. The van der Waals surface area contributed by atoms with E-state index in [1.54, 1.807) is 29.2 Å². The van der Waals surface area contributed by atoms with Crippen molar-refractivity contribution in [2.24, 2.45) is 0 Å². The van der Waals surface area contributed by atoms with Crippen LogP contribution in [0, 0.1) is 0 Å². The molecule has 162 valence electrons. The van der Waals surface area contributed by atoms with E-state index in [9.17, 15) is 9.59 Å². The van der Waals surface area contributed by atoms with Crippen LogP contribution in [0.3, 0.4) is 0 Å². The van der Waals surface area contributed by atoms with Crippen LogP contribution in [-0.4, -0.2) is 27.6 Å². The number of methoxy groups -OCH3 is 1. The first-order chi connectivity index (χ1) is 15.1. The largest absolute Gasteiger partial charge is 0.491 e. The number of benzene rings is 1. The molecule has 31 heavy (non-hydrogen) atoms. The molecule has 0 aliphatic carbocycles. The van der Waals surface area contributed by atoms with Crippen LogP contribution in [0.1, 0.15) is 31.0 Å². The summed E-state index contributed by atoms with van der Waals surface area (Å²) in [5.41, 5.74) is 2.46. The monoisotopic (exact) mass is 438 g/mol. The fourth-order valence-electron chi connectivity index (χ4n) is 3.01. The Kier molecular flexibility index (Phi) is 8.23. The molecule has 0 fully saturated rings. The molecule has 0 bridgehead atoms. The van der Waals surface area contributed by atoms with Crippen LogP contribution in [0.15, 0.2) is 64.9 Å². The second-order valence-electron chi connectivity index (χ2n) is 6.99. The number of amides is 1. The third kappa shape index (κ3) is 6.68. The first-order valence-electron chi connectivity index (χ1n) is 10.1. The van der Waals surface area contributed by atoms with E-state index < -0.39 is 0 Å². The summed E-state index contributed by atoms with van der Waals surface area (Å²) in [6, 6.07) is 11.1. The Balaban J connectivity index is 1.71. The van der Waals surface area contributed by atoms with Gasteiger partial charge in [0.15, 0.2) is 10.9 Å². The predicted molar refractivity (Wildman–Crippen MR) is 123 cm³/mol. The number of ether oxygens (including phenoxy) is 1. The van der Waals surface area contributed by atoms with E-state index in [2.05, 4.69) is 22.2 Å². The van der Waals surface area contributed by atoms with Gasteiger partial charge in [-0.3, -0.25) is 9.59 Å². The molecular formula is C23H26N4O3S. The van der Waals surface area contributed by atoms with E-state index in [0.29, 0.717) is 16.6 Å². The van der Waals surface area contributed by atoms with Gasteiger partial charge < -0.3 is 14.6 Å². The maximum absolute atomic E-state index is 12.7. The normalized spacial score (nSPS) is 10.6. The molecule has 0 atom stereocenters. The van der Waals surface area contributed by atoms with E-state index in [4.69, 9.17) is 4.74 Å². The summed E-state index contributed by atoms with van der Waals surface area (Å²) in [5.74, 6) is 0.454. The van der Waals surface area contributed by atoms with E-state index in [0.717, 1.165) is 24.9 Å². The van der Waals surface area contributed by atoms with E-state index in [1.807, 2.05) is 24.3 Å². The number of anilines is 1. The SMILES string of the molecule is CCCCc1ccc(NC(=O)Cn2cc(OC)c(=O)cc2CSc2ncccn2)cc1. The second-order valence-corrected chi connectivity index (χ2v) is 7.94. The van der Waals surface area contributed by atoms with Crippen LogP contribution < -0.4 is 15.5 Å². The fraction of sp³-hybridized carbons (Fsp3) is 0.304. The molecule has 0 saturated heterocycles. The minimum Gasteiger partial charge on any atom is -0.491 e. The van der Waals surface area contributed by atoms with Crippen LogP contribution in [0.4, 0.5) is 5.69 Å². The number of nitrogens with one attached hydrogen (secondary N) is 1. The van der Waals surface area contributed by atoms with Crippen molar-refractivity contribution < 1.29 is 9.53 Å². The van der Waals surface area contributed by atoms with Gasteiger partial charge in [-0.15, -0.1) is 0 Å². The lowest BCUT2D eigenvalue weighted by molar-refractivity contribution is -0.116. The van der Waals surface area contributed by atoms with Gasteiger partial charge in [-0.2, -0.15) is 0 Å². The summed E-state index contributed by atoms with van der Waals surface area (Å²) in [4.78, 5) is 33.3. The number of aryl methyl sites for hydroxylation is 1. The molecule has 3 rings (SSSR count). The van der Waals surface area contributed by atoms with Crippen molar-refractivity contribution in [2.75, 3.05) is 12.4 Å². The number of thioether (sulfide) groups is 1. The highest BCUT2D eigenvalue weighted by atomic mass is 32.2. The molecule has 1 aromatic carbocycles. The molecule has 1 amide bonds. The topological polar surface area (TPSA) is 86.1 Å². The molecule has 0 spiro atoms. The Labute approximate surface area is 185 Å². The Morgan fingerprint density at radius 2 is 1.94 bits per heavy atom. The molecule has 0 radical (unpaired) electrons. The van der Waals surface area contributed by atoms with Gasteiger partial charge >= 0.3 is 0 Å². The van der Waals surface area contributed by atoms with Gasteiger partial charge in [0.2, 0.25) is 11.3 Å². The van der Waals surface area contributed by atoms with Crippen LogP contribution in [0.25, 0.3) is 0 Å². The average molecular weight is 439 g/mol. The number of hydrogen-bond donors (Lipinski definition) is 1. The van der Waals surface area contributed by atoms with Crippen molar-refractivity contribution in [3.8, 4) is 5.75 Å². The Bertz CT molecular complexity index is 1050. The quantitative estimate of drug-likeness (QED) is 0.381. The number of aromatic nitrogens is 3. The summed E-state index contributed by atoms with van der Waals surface area (Å²) in [5, 5.41) is 3.52. The van der Waals surface area contributed by atoms with Crippen LogP contribution in [-0.2, 0) is 23.5 Å². The summed E-state index contributed by atoms with van der Waals surface area (Å²) < 4.78 is 6.88. The standard InChI is InChI=1S/C23H26N4O3S/c1-3-4-6-17-7-9-18(10-8-17)26-22(29)15-27-14-21(30-2)20(28)13-19(27)16-31-23-24-11-5-12-25-23/h5,7-14H,3-4,6,15-16H2,1-2H3,(H,26,29). The van der Waals surface area contributed by atoms with Gasteiger partial charge in [0.05, 0.1) is 13.3 Å². The lowest BCUT2D eigenvalue weighted by atomic mass is 10.1. The third-order valence-corrected chi connectivity index (χ3v) is 5.57. The summed E-state index contributed by atoms with van der Waals surface area (Å²) in [6.45, 7) is 2.22. The maximum atomic E-state index is 12.7. The van der Waals surface area contributed by atoms with Crippen LogP contribution in [0.5, 0.6) is 5.75 Å². The van der Waals surface area contributed by atoms with E-state index in [1.165, 1.54) is 30.5 Å². The number of rotatable bonds is 10. The van der Waals surface area contributed by atoms with Crippen LogP contribution in [0.2, 0.25) is 0 Å². The Morgan fingerprint density at radius 1 is 1.19 bits per heavy atom. The molecule has 3 aromatic rings. The fourth-order valence-corrected chi connectivity index (χ4v) is 3.80. The summed E-state index contributed by atoms with van der Waals surface area (Å²) >= 11 is 1.39. The van der Waals surface area contributed by atoms with Crippen molar-refractivity contribution >= 4 is 23.4 Å². The van der Waals surface area contributed by atoms with E-state index >= 15 is 0 Å². The molecule has 0 unspecified atom stereocenters. The van der Waals surface area contributed by atoms with Gasteiger partial charge in [-0.1, -0.05) is 37.2 Å².